The highest BCUT2D eigenvalue weighted by molar-refractivity contribution is 7.80. The van der Waals surface area contributed by atoms with Crippen LogP contribution >= 0.6 is 12.2 Å². The van der Waals surface area contributed by atoms with Gasteiger partial charge in [0, 0.05) is 19.2 Å². The molecule has 0 amide bonds. The first-order valence-electron chi connectivity index (χ1n) is 5.79. The van der Waals surface area contributed by atoms with Gasteiger partial charge in [0.05, 0.1) is 6.61 Å². The number of hydrogen-bond donors (Lipinski definition) is 2. The normalized spacial score (nSPS) is 23.6. The highest BCUT2D eigenvalue weighted by Crippen LogP contribution is 2.62. The predicted octanol–water partition coefficient (Wildman–Crippen LogP) is 1.92. The SMILES string of the molecule is COCC(C)NC(=S)NC1C(C)(C)C1(C)C. The predicted molar refractivity (Wildman–Crippen MR) is 71.6 cm³/mol. The molecule has 0 aromatic heterocycles. The lowest BCUT2D eigenvalue weighted by atomic mass is 10.0. The van der Waals surface area contributed by atoms with Crippen LogP contribution in [0, 0.1) is 10.8 Å². The van der Waals surface area contributed by atoms with Gasteiger partial charge in [0.2, 0.25) is 0 Å². The summed E-state index contributed by atoms with van der Waals surface area (Å²) in [5, 5.41) is 7.34. The molecular formula is C12H24N2OS. The van der Waals surface area contributed by atoms with E-state index in [-0.39, 0.29) is 6.04 Å². The molecular weight excluding hydrogens is 220 g/mol. The van der Waals surface area contributed by atoms with Crippen molar-refractivity contribution in [3.05, 3.63) is 0 Å². The second kappa shape index (κ2) is 4.49. The van der Waals surface area contributed by atoms with E-state index in [4.69, 9.17) is 17.0 Å². The highest BCUT2D eigenvalue weighted by atomic mass is 32.1. The van der Waals surface area contributed by atoms with E-state index in [0.717, 1.165) is 5.11 Å². The minimum Gasteiger partial charge on any atom is -0.383 e. The summed E-state index contributed by atoms with van der Waals surface area (Å²) in [7, 11) is 1.70. The molecule has 1 aliphatic rings. The first-order chi connectivity index (χ1) is 7.23. The van der Waals surface area contributed by atoms with Crippen molar-refractivity contribution < 1.29 is 4.74 Å². The van der Waals surface area contributed by atoms with E-state index in [9.17, 15) is 0 Å². The molecule has 4 heteroatoms. The third-order valence-electron chi connectivity index (χ3n) is 4.09. The minimum absolute atomic E-state index is 0.245. The molecule has 0 bridgehead atoms. The van der Waals surface area contributed by atoms with Crippen molar-refractivity contribution in [2.75, 3.05) is 13.7 Å². The summed E-state index contributed by atoms with van der Waals surface area (Å²) < 4.78 is 5.06. The van der Waals surface area contributed by atoms with E-state index >= 15 is 0 Å². The Morgan fingerprint density at radius 2 is 1.81 bits per heavy atom. The van der Waals surface area contributed by atoms with Gasteiger partial charge in [0.15, 0.2) is 5.11 Å². The molecule has 1 aliphatic carbocycles. The Morgan fingerprint density at radius 3 is 2.19 bits per heavy atom. The van der Waals surface area contributed by atoms with E-state index in [2.05, 4.69) is 45.3 Å². The Morgan fingerprint density at radius 1 is 1.31 bits per heavy atom. The summed E-state index contributed by atoms with van der Waals surface area (Å²) in [5.74, 6) is 0. The van der Waals surface area contributed by atoms with E-state index in [1.165, 1.54) is 0 Å². The van der Waals surface area contributed by atoms with Crippen molar-refractivity contribution in [1.82, 2.24) is 10.6 Å². The molecule has 94 valence electrons. The van der Waals surface area contributed by atoms with Crippen LogP contribution in [0.25, 0.3) is 0 Å². The monoisotopic (exact) mass is 244 g/mol. The van der Waals surface area contributed by atoms with Gasteiger partial charge in [-0.15, -0.1) is 0 Å². The third-order valence-corrected chi connectivity index (χ3v) is 4.33. The first-order valence-corrected chi connectivity index (χ1v) is 6.20. The van der Waals surface area contributed by atoms with Crippen molar-refractivity contribution >= 4 is 17.3 Å². The quantitative estimate of drug-likeness (QED) is 0.740. The summed E-state index contributed by atoms with van der Waals surface area (Å²) in [6.45, 7) is 11.8. The second-order valence-corrected chi connectivity index (χ2v) is 6.26. The number of hydrogen-bond acceptors (Lipinski definition) is 2. The lowest BCUT2D eigenvalue weighted by Gasteiger charge is -2.17. The maximum atomic E-state index is 5.29. The van der Waals surface area contributed by atoms with Crippen molar-refractivity contribution in [2.24, 2.45) is 10.8 Å². The van der Waals surface area contributed by atoms with Crippen LogP contribution < -0.4 is 10.6 Å². The minimum atomic E-state index is 0.245. The van der Waals surface area contributed by atoms with Crippen LogP contribution in [0.3, 0.4) is 0 Å². The lowest BCUT2D eigenvalue weighted by Crippen LogP contribution is -2.44. The topological polar surface area (TPSA) is 33.3 Å². The molecule has 0 radical (unpaired) electrons. The van der Waals surface area contributed by atoms with Crippen LogP contribution in [0.15, 0.2) is 0 Å². The van der Waals surface area contributed by atoms with Gasteiger partial charge in [-0.2, -0.15) is 0 Å². The maximum absolute atomic E-state index is 5.29. The zero-order chi connectivity index (χ0) is 12.6. The smallest absolute Gasteiger partial charge is 0.166 e. The van der Waals surface area contributed by atoms with Gasteiger partial charge >= 0.3 is 0 Å². The summed E-state index contributed by atoms with van der Waals surface area (Å²) in [6, 6.07) is 0.699. The molecule has 1 atom stereocenters. The van der Waals surface area contributed by atoms with Gasteiger partial charge in [0.1, 0.15) is 0 Å². The van der Waals surface area contributed by atoms with Crippen LogP contribution in [0.1, 0.15) is 34.6 Å². The molecule has 0 saturated heterocycles. The van der Waals surface area contributed by atoms with Gasteiger partial charge in [-0.05, 0) is 30.0 Å². The van der Waals surface area contributed by atoms with Crippen molar-refractivity contribution in [1.29, 1.82) is 0 Å². The molecule has 0 heterocycles. The molecule has 0 aromatic carbocycles. The number of thiocarbonyl (C=S) groups is 1. The van der Waals surface area contributed by atoms with Crippen molar-refractivity contribution in [3.8, 4) is 0 Å². The summed E-state index contributed by atoms with van der Waals surface area (Å²) >= 11 is 5.29. The van der Waals surface area contributed by atoms with Crippen LogP contribution in [-0.2, 0) is 4.74 Å². The Balaban J connectivity index is 2.37. The zero-order valence-electron chi connectivity index (χ0n) is 11.2. The van der Waals surface area contributed by atoms with Crippen LogP contribution in [0.4, 0.5) is 0 Å². The number of rotatable bonds is 4. The van der Waals surface area contributed by atoms with Gasteiger partial charge in [0.25, 0.3) is 0 Å². The second-order valence-electron chi connectivity index (χ2n) is 5.85. The summed E-state index contributed by atoms with van der Waals surface area (Å²) in [5.41, 5.74) is 0.618. The molecule has 3 nitrogen and oxygen atoms in total. The highest BCUT2D eigenvalue weighted by Gasteiger charge is 2.65. The Bertz CT molecular complexity index is 262. The van der Waals surface area contributed by atoms with E-state index in [0.29, 0.717) is 23.5 Å². The number of nitrogens with one attached hydrogen (secondary N) is 2. The van der Waals surface area contributed by atoms with E-state index in [1.54, 1.807) is 7.11 Å². The Kier molecular flexibility index (Phi) is 3.85. The lowest BCUT2D eigenvalue weighted by molar-refractivity contribution is 0.179. The largest absolute Gasteiger partial charge is 0.383 e. The van der Waals surface area contributed by atoms with Gasteiger partial charge < -0.3 is 15.4 Å². The number of ether oxygens (including phenoxy) is 1. The molecule has 1 rings (SSSR count). The standard InChI is InChI=1S/C12H24N2OS/c1-8(7-15-6)13-10(16)14-9-11(2,3)12(9,4)5/h8-9H,7H2,1-6H3,(H2,13,14,16). The van der Waals surface area contributed by atoms with E-state index in [1.807, 2.05) is 0 Å². The molecule has 1 unspecified atom stereocenters. The van der Waals surface area contributed by atoms with Crippen molar-refractivity contribution in [2.45, 2.75) is 46.7 Å². The fourth-order valence-electron chi connectivity index (χ4n) is 2.25. The van der Waals surface area contributed by atoms with Crippen LogP contribution in [-0.4, -0.2) is 30.9 Å². The van der Waals surface area contributed by atoms with Crippen LogP contribution in [0.2, 0.25) is 0 Å². The maximum Gasteiger partial charge on any atom is 0.166 e. The molecule has 0 aliphatic heterocycles. The van der Waals surface area contributed by atoms with Crippen molar-refractivity contribution in [3.63, 3.8) is 0 Å². The average Bonchev–Trinajstić information content (AvgIpc) is 2.48. The van der Waals surface area contributed by atoms with Gasteiger partial charge in [-0.25, -0.2) is 0 Å². The summed E-state index contributed by atoms with van der Waals surface area (Å²) in [4.78, 5) is 0. The zero-order valence-corrected chi connectivity index (χ0v) is 12.0. The van der Waals surface area contributed by atoms with Gasteiger partial charge in [-0.1, -0.05) is 27.7 Å². The third kappa shape index (κ3) is 2.48. The first kappa shape index (κ1) is 13.7. The Labute approximate surface area is 104 Å². The molecule has 16 heavy (non-hydrogen) atoms. The van der Waals surface area contributed by atoms with Gasteiger partial charge in [-0.3, -0.25) is 0 Å². The fraction of sp³-hybridized carbons (Fsp3) is 0.917. The molecule has 1 fully saturated rings. The average molecular weight is 244 g/mol. The van der Waals surface area contributed by atoms with Crippen LogP contribution in [0.5, 0.6) is 0 Å². The van der Waals surface area contributed by atoms with E-state index < -0.39 is 0 Å². The molecule has 1 saturated carbocycles. The molecule has 0 spiro atoms. The Hall–Kier alpha value is -0.350. The summed E-state index contributed by atoms with van der Waals surface area (Å²) in [6.07, 6.45) is 0. The number of methoxy groups -OCH3 is 1. The molecule has 0 aromatic rings. The molecule has 2 N–H and O–H groups in total. The fourth-order valence-corrected chi connectivity index (χ4v) is 2.56.